The van der Waals surface area contributed by atoms with E-state index in [-0.39, 0.29) is 0 Å². The van der Waals surface area contributed by atoms with Crippen molar-refractivity contribution in [2.75, 3.05) is 11.1 Å². The zero-order valence-corrected chi connectivity index (χ0v) is 11.7. The molecule has 7 nitrogen and oxygen atoms in total. The Morgan fingerprint density at radius 3 is 2.59 bits per heavy atom. The SMILES string of the molecule is NC(=O)c1ccc(CNc2ncnc3nc(N)ccc23)cc1. The van der Waals surface area contributed by atoms with Crippen LogP contribution in [0.2, 0.25) is 0 Å². The highest BCUT2D eigenvalue weighted by Gasteiger charge is 2.05. The Labute approximate surface area is 126 Å². The van der Waals surface area contributed by atoms with Crippen LogP contribution in [0.1, 0.15) is 15.9 Å². The number of nitrogen functional groups attached to an aromatic ring is 1. The summed E-state index contributed by atoms with van der Waals surface area (Å²) in [6.45, 7) is 0.551. The number of primary amides is 1. The van der Waals surface area contributed by atoms with E-state index in [1.54, 1.807) is 18.2 Å². The lowest BCUT2D eigenvalue weighted by molar-refractivity contribution is 0.100. The number of hydrogen-bond donors (Lipinski definition) is 3. The molecule has 1 amide bonds. The van der Waals surface area contributed by atoms with Gasteiger partial charge in [-0.2, -0.15) is 0 Å². The molecule has 7 heteroatoms. The van der Waals surface area contributed by atoms with Gasteiger partial charge in [-0.05, 0) is 29.8 Å². The van der Waals surface area contributed by atoms with Gasteiger partial charge in [-0.25, -0.2) is 15.0 Å². The molecule has 0 aliphatic carbocycles. The lowest BCUT2D eigenvalue weighted by atomic mass is 10.1. The quantitative estimate of drug-likeness (QED) is 0.667. The molecule has 0 saturated carbocycles. The van der Waals surface area contributed by atoms with Crippen LogP contribution in [0.15, 0.2) is 42.7 Å². The highest BCUT2D eigenvalue weighted by atomic mass is 16.1. The van der Waals surface area contributed by atoms with Gasteiger partial charge < -0.3 is 16.8 Å². The van der Waals surface area contributed by atoms with Crippen LogP contribution in [0, 0.1) is 0 Å². The number of hydrogen-bond acceptors (Lipinski definition) is 6. The summed E-state index contributed by atoms with van der Waals surface area (Å²) in [5.74, 6) is 0.653. The fourth-order valence-corrected chi connectivity index (χ4v) is 2.07. The summed E-state index contributed by atoms with van der Waals surface area (Å²) in [5.41, 5.74) is 12.9. The van der Waals surface area contributed by atoms with Gasteiger partial charge in [0, 0.05) is 12.1 Å². The molecule has 3 rings (SSSR count). The van der Waals surface area contributed by atoms with Crippen LogP contribution < -0.4 is 16.8 Å². The summed E-state index contributed by atoms with van der Waals surface area (Å²) in [5, 5.41) is 4.02. The minimum atomic E-state index is -0.440. The third kappa shape index (κ3) is 2.78. The van der Waals surface area contributed by atoms with E-state index in [4.69, 9.17) is 11.5 Å². The number of aromatic nitrogens is 3. The number of nitrogens with two attached hydrogens (primary N) is 2. The lowest BCUT2D eigenvalue weighted by Gasteiger charge is -2.08. The third-order valence-corrected chi connectivity index (χ3v) is 3.22. The van der Waals surface area contributed by atoms with Gasteiger partial charge in [0.05, 0.1) is 5.39 Å². The molecule has 0 aliphatic rings. The number of nitrogens with one attached hydrogen (secondary N) is 1. The zero-order chi connectivity index (χ0) is 15.5. The van der Waals surface area contributed by atoms with E-state index in [2.05, 4.69) is 20.3 Å². The fourth-order valence-electron chi connectivity index (χ4n) is 2.07. The van der Waals surface area contributed by atoms with Crippen LogP contribution in [0.4, 0.5) is 11.6 Å². The maximum absolute atomic E-state index is 11.0. The Bertz CT molecular complexity index is 831. The Morgan fingerprint density at radius 2 is 1.86 bits per heavy atom. The summed E-state index contributed by atoms with van der Waals surface area (Å²) in [4.78, 5) is 23.5. The van der Waals surface area contributed by atoms with Crippen molar-refractivity contribution < 1.29 is 4.79 Å². The van der Waals surface area contributed by atoms with E-state index >= 15 is 0 Å². The van der Waals surface area contributed by atoms with Crippen LogP contribution in [0.3, 0.4) is 0 Å². The molecule has 0 fully saturated rings. The van der Waals surface area contributed by atoms with Gasteiger partial charge in [0.2, 0.25) is 5.91 Å². The second-order valence-electron chi connectivity index (χ2n) is 4.74. The summed E-state index contributed by atoms with van der Waals surface area (Å²) < 4.78 is 0. The first-order valence-electron chi connectivity index (χ1n) is 6.63. The molecule has 0 aliphatic heterocycles. The van der Waals surface area contributed by atoms with E-state index in [1.807, 2.05) is 18.2 Å². The molecular weight excluding hydrogens is 280 g/mol. The van der Waals surface area contributed by atoms with Crippen molar-refractivity contribution in [1.82, 2.24) is 15.0 Å². The molecule has 0 radical (unpaired) electrons. The first-order valence-corrected chi connectivity index (χ1v) is 6.63. The third-order valence-electron chi connectivity index (χ3n) is 3.22. The van der Waals surface area contributed by atoms with E-state index in [0.29, 0.717) is 29.4 Å². The minimum absolute atomic E-state index is 0.416. The van der Waals surface area contributed by atoms with Gasteiger partial charge in [-0.15, -0.1) is 0 Å². The summed E-state index contributed by atoms with van der Waals surface area (Å²) in [6.07, 6.45) is 1.44. The number of pyridine rings is 1. The molecule has 5 N–H and O–H groups in total. The summed E-state index contributed by atoms with van der Waals surface area (Å²) in [6, 6.07) is 10.6. The first kappa shape index (κ1) is 13.7. The van der Waals surface area contributed by atoms with Crippen molar-refractivity contribution in [2.45, 2.75) is 6.54 Å². The van der Waals surface area contributed by atoms with E-state index in [0.717, 1.165) is 10.9 Å². The van der Waals surface area contributed by atoms with Gasteiger partial charge in [0.25, 0.3) is 0 Å². The molecule has 22 heavy (non-hydrogen) atoms. The van der Waals surface area contributed by atoms with E-state index in [1.165, 1.54) is 6.33 Å². The van der Waals surface area contributed by atoms with Crippen LogP contribution in [-0.4, -0.2) is 20.9 Å². The topological polar surface area (TPSA) is 120 Å². The summed E-state index contributed by atoms with van der Waals surface area (Å²) in [7, 11) is 0. The molecule has 0 unspecified atom stereocenters. The van der Waals surface area contributed by atoms with Crippen molar-refractivity contribution in [3.05, 3.63) is 53.9 Å². The predicted octanol–water partition coefficient (Wildman–Crippen LogP) is 1.32. The second kappa shape index (κ2) is 5.65. The normalized spacial score (nSPS) is 10.5. The lowest BCUT2D eigenvalue weighted by Crippen LogP contribution is -2.11. The first-order chi connectivity index (χ1) is 10.6. The second-order valence-corrected chi connectivity index (χ2v) is 4.74. The molecule has 2 aromatic heterocycles. The average molecular weight is 294 g/mol. The number of nitrogens with zero attached hydrogens (tertiary/aromatic N) is 3. The zero-order valence-electron chi connectivity index (χ0n) is 11.7. The molecule has 0 bridgehead atoms. The van der Waals surface area contributed by atoms with Gasteiger partial charge in [-0.3, -0.25) is 4.79 Å². The van der Waals surface area contributed by atoms with Crippen LogP contribution in [-0.2, 0) is 6.54 Å². The average Bonchev–Trinajstić information content (AvgIpc) is 2.52. The van der Waals surface area contributed by atoms with Crippen molar-refractivity contribution in [1.29, 1.82) is 0 Å². The van der Waals surface area contributed by atoms with Crippen LogP contribution >= 0.6 is 0 Å². The van der Waals surface area contributed by atoms with E-state index in [9.17, 15) is 4.79 Å². The molecule has 3 aromatic rings. The van der Waals surface area contributed by atoms with Crippen LogP contribution in [0.25, 0.3) is 11.0 Å². The Balaban J connectivity index is 1.80. The molecule has 1 aromatic carbocycles. The number of carbonyl (C=O) groups excluding carboxylic acids is 1. The number of rotatable bonds is 4. The van der Waals surface area contributed by atoms with Gasteiger partial charge in [0.15, 0.2) is 5.65 Å². The van der Waals surface area contributed by atoms with Crippen molar-refractivity contribution in [3.63, 3.8) is 0 Å². The standard InChI is InChI=1S/C15H14N6O/c16-12-6-5-11-14(19-8-20-15(11)21-12)18-7-9-1-3-10(4-2-9)13(17)22/h1-6,8H,7H2,(H2,17,22)(H3,16,18,19,20,21). The number of fused-ring (bicyclic) bond motifs is 1. The Kier molecular flexibility index (Phi) is 3.53. The Hall–Kier alpha value is -3.22. The summed E-state index contributed by atoms with van der Waals surface area (Å²) >= 11 is 0. The predicted molar refractivity (Wildman–Crippen MR) is 84.0 cm³/mol. The van der Waals surface area contributed by atoms with Crippen molar-refractivity contribution in [2.24, 2.45) is 5.73 Å². The fraction of sp³-hybridized carbons (Fsp3) is 0.0667. The van der Waals surface area contributed by atoms with Crippen molar-refractivity contribution in [3.8, 4) is 0 Å². The molecule has 0 atom stereocenters. The maximum atomic E-state index is 11.0. The number of carbonyl (C=O) groups is 1. The van der Waals surface area contributed by atoms with Gasteiger partial charge in [-0.1, -0.05) is 12.1 Å². The monoisotopic (exact) mass is 294 g/mol. The van der Waals surface area contributed by atoms with Crippen molar-refractivity contribution >= 4 is 28.6 Å². The maximum Gasteiger partial charge on any atom is 0.248 e. The Morgan fingerprint density at radius 1 is 1.09 bits per heavy atom. The number of anilines is 2. The highest BCUT2D eigenvalue weighted by Crippen LogP contribution is 2.19. The molecule has 110 valence electrons. The minimum Gasteiger partial charge on any atom is -0.384 e. The molecule has 2 heterocycles. The van der Waals surface area contributed by atoms with Crippen LogP contribution in [0.5, 0.6) is 0 Å². The molecule has 0 saturated heterocycles. The number of benzene rings is 1. The van der Waals surface area contributed by atoms with Gasteiger partial charge in [0.1, 0.15) is 18.0 Å². The highest BCUT2D eigenvalue weighted by molar-refractivity contribution is 5.92. The largest absolute Gasteiger partial charge is 0.384 e. The smallest absolute Gasteiger partial charge is 0.248 e. The molecule has 0 spiro atoms. The van der Waals surface area contributed by atoms with E-state index < -0.39 is 5.91 Å². The van der Waals surface area contributed by atoms with Gasteiger partial charge >= 0.3 is 0 Å². The molecular formula is C15H14N6O. The number of amides is 1.